The number of carbonyl (C=O) groups excluding carboxylic acids is 1. The Morgan fingerprint density at radius 3 is 2.96 bits per heavy atom. The van der Waals surface area contributed by atoms with Gasteiger partial charge in [0.05, 0.1) is 12.8 Å². The molecular weight excluding hydrogens is 292 g/mol. The maximum atomic E-state index is 12.2. The second kappa shape index (κ2) is 6.74. The number of hydrogen-bond donors (Lipinski definition) is 2. The van der Waals surface area contributed by atoms with Gasteiger partial charge >= 0.3 is 0 Å². The maximum absolute atomic E-state index is 12.2. The van der Waals surface area contributed by atoms with Crippen molar-refractivity contribution in [1.29, 1.82) is 0 Å². The Kier molecular flexibility index (Phi) is 4.33. The van der Waals surface area contributed by atoms with Crippen molar-refractivity contribution in [3.8, 4) is 17.0 Å². The van der Waals surface area contributed by atoms with Gasteiger partial charge in [-0.15, -0.1) is 0 Å². The van der Waals surface area contributed by atoms with E-state index >= 15 is 0 Å². The molecule has 0 radical (unpaired) electrons. The summed E-state index contributed by atoms with van der Waals surface area (Å²) < 4.78 is 5.16. The summed E-state index contributed by atoms with van der Waals surface area (Å²) in [5.74, 6) is 0.549. The van der Waals surface area contributed by atoms with Gasteiger partial charge in [-0.2, -0.15) is 5.10 Å². The minimum Gasteiger partial charge on any atom is -0.497 e. The molecule has 0 saturated heterocycles. The number of carbonyl (C=O) groups is 1. The highest BCUT2D eigenvalue weighted by Crippen LogP contribution is 2.16. The monoisotopic (exact) mass is 308 g/mol. The van der Waals surface area contributed by atoms with Crippen molar-refractivity contribution < 1.29 is 9.53 Å². The van der Waals surface area contributed by atoms with E-state index in [1.807, 2.05) is 36.4 Å². The summed E-state index contributed by atoms with van der Waals surface area (Å²) >= 11 is 0. The second-order valence-corrected chi connectivity index (χ2v) is 4.94. The number of H-pyrrole nitrogens is 1. The van der Waals surface area contributed by atoms with Crippen LogP contribution in [0.5, 0.6) is 5.75 Å². The standard InChI is InChI=1S/C17H16N4O2/c1-23-14-6-2-4-12(8-14)10-19-17(22)16-9-15(20-21-16)13-5-3-7-18-11-13/h2-9,11H,10H2,1H3,(H,19,22)(H,20,21). The van der Waals surface area contributed by atoms with Crippen molar-refractivity contribution in [3.05, 3.63) is 66.1 Å². The van der Waals surface area contributed by atoms with Gasteiger partial charge in [0.15, 0.2) is 0 Å². The van der Waals surface area contributed by atoms with Gasteiger partial charge in [-0.25, -0.2) is 0 Å². The van der Waals surface area contributed by atoms with Gasteiger partial charge in [-0.1, -0.05) is 12.1 Å². The van der Waals surface area contributed by atoms with E-state index in [1.165, 1.54) is 0 Å². The third kappa shape index (κ3) is 3.55. The lowest BCUT2D eigenvalue weighted by molar-refractivity contribution is 0.0946. The number of hydrogen-bond acceptors (Lipinski definition) is 4. The van der Waals surface area contributed by atoms with E-state index in [-0.39, 0.29) is 5.91 Å². The zero-order chi connectivity index (χ0) is 16.1. The Labute approximate surface area is 133 Å². The van der Waals surface area contributed by atoms with Crippen molar-refractivity contribution in [2.24, 2.45) is 0 Å². The molecule has 0 fully saturated rings. The molecule has 0 aliphatic carbocycles. The number of nitrogens with zero attached hydrogens (tertiary/aromatic N) is 2. The number of rotatable bonds is 5. The summed E-state index contributed by atoms with van der Waals surface area (Å²) in [6.07, 6.45) is 3.39. The van der Waals surface area contributed by atoms with Crippen molar-refractivity contribution in [2.75, 3.05) is 7.11 Å². The lowest BCUT2D eigenvalue weighted by atomic mass is 10.2. The first-order chi connectivity index (χ1) is 11.3. The Balaban J connectivity index is 1.66. The van der Waals surface area contributed by atoms with Crippen LogP contribution in [0.15, 0.2) is 54.9 Å². The van der Waals surface area contributed by atoms with Gasteiger partial charge in [-0.3, -0.25) is 14.9 Å². The molecule has 6 heteroatoms. The van der Waals surface area contributed by atoms with E-state index in [9.17, 15) is 4.79 Å². The molecule has 6 nitrogen and oxygen atoms in total. The number of aromatic amines is 1. The summed E-state index contributed by atoms with van der Waals surface area (Å²) in [6.45, 7) is 0.414. The van der Waals surface area contributed by atoms with Crippen LogP contribution in [0.3, 0.4) is 0 Å². The second-order valence-electron chi connectivity index (χ2n) is 4.94. The van der Waals surface area contributed by atoms with Crippen LogP contribution in [0.2, 0.25) is 0 Å². The molecule has 0 unspecified atom stereocenters. The first-order valence-corrected chi connectivity index (χ1v) is 7.13. The number of amides is 1. The molecule has 0 saturated carbocycles. The topological polar surface area (TPSA) is 79.9 Å². The van der Waals surface area contributed by atoms with Crippen LogP contribution in [-0.2, 0) is 6.54 Å². The van der Waals surface area contributed by atoms with Gasteiger partial charge in [0.2, 0.25) is 0 Å². The minimum absolute atomic E-state index is 0.213. The van der Waals surface area contributed by atoms with Crippen LogP contribution in [0.1, 0.15) is 16.1 Å². The molecule has 2 heterocycles. The Morgan fingerprint density at radius 1 is 1.26 bits per heavy atom. The van der Waals surface area contributed by atoms with E-state index < -0.39 is 0 Å². The molecular formula is C17H16N4O2. The summed E-state index contributed by atoms with van der Waals surface area (Å²) in [5.41, 5.74) is 2.91. The van der Waals surface area contributed by atoms with Crippen molar-refractivity contribution in [2.45, 2.75) is 6.54 Å². The molecule has 1 amide bonds. The summed E-state index contributed by atoms with van der Waals surface area (Å²) in [6, 6.07) is 13.0. The fraction of sp³-hybridized carbons (Fsp3) is 0.118. The molecule has 0 aliphatic rings. The molecule has 0 spiro atoms. The van der Waals surface area contributed by atoms with E-state index in [4.69, 9.17) is 4.74 Å². The van der Waals surface area contributed by atoms with E-state index in [0.717, 1.165) is 16.9 Å². The Hall–Kier alpha value is -3.15. The van der Waals surface area contributed by atoms with Crippen LogP contribution in [0.25, 0.3) is 11.3 Å². The SMILES string of the molecule is COc1cccc(CNC(=O)c2cc(-c3cccnc3)n[nH]2)c1. The normalized spacial score (nSPS) is 10.3. The first kappa shape index (κ1) is 14.8. The van der Waals surface area contributed by atoms with Crippen LogP contribution in [0.4, 0.5) is 0 Å². The number of nitrogens with one attached hydrogen (secondary N) is 2. The fourth-order valence-corrected chi connectivity index (χ4v) is 2.16. The highest BCUT2D eigenvalue weighted by atomic mass is 16.5. The molecule has 0 aliphatic heterocycles. The van der Waals surface area contributed by atoms with Crippen LogP contribution < -0.4 is 10.1 Å². The van der Waals surface area contributed by atoms with Gasteiger partial charge < -0.3 is 10.1 Å². The predicted octanol–water partition coefficient (Wildman–Crippen LogP) is 2.41. The van der Waals surface area contributed by atoms with Gasteiger partial charge in [-0.05, 0) is 35.9 Å². The molecule has 0 atom stereocenters. The summed E-state index contributed by atoms with van der Waals surface area (Å²) in [4.78, 5) is 16.2. The molecule has 3 rings (SSSR count). The van der Waals surface area contributed by atoms with Crippen LogP contribution in [-0.4, -0.2) is 28.2 Å². The molecule has 0 bridgehead atoms. The number of aromatic nitrogens is 3. The zero-order valence-electron chi connectivity index (χ0n) is 12.6. The Morgan fingerprint density at radius 2 is 2.17 bits per heavy atom. The number of methoxy groups -OCH3 is 1. The van der Waals surface area contributed by atoms with E-state index in [0.29, 0.717) is 17.9 Å². The average molecular weight is 308 g/mol. The number of ether oxygens (including phenoxy) is 1. The predicted molar refractivity (Wildman–Crippen MR) is 86.0 cm³/mol. The lowest BCUT2D eigenvalue weighted by Crippen LogP contribution is -2.23. The fourth-order valence-electron chi connectivity index (χ4n) is 2.16. The van der Waals surface area contributed by atoms with Crippen LogP contribution >= 0.6 is 0 Å². The number of benzene rings is 1. The summed E-state index contributed by atoms with van der Waals surface area (Å²) in [7, 11) is 1.61. The Bertz CT molecular complexity index is 799. The van der Waals surface area contributed by atoms with E-state index in [1.54, 1.807) is 25.6 Å². The van der Waals surface area contributed by atoms with Crippen LogP contribution in [0, 0.1) is 0 Å². The average Bonchev–Trinajstić information content (AvgIpc) is 3.11. The third-order valence-corrected chi connectivity index (χ3v) is 3.37. The van der Waals surface area contributed by atoms with Gasteiger partial charge in [0.1, 0.15) is 11.4 Å². The quantitative estimate of drug-likeness (QED) is 0.758. The van der Waals surface area contributed by atoms with Crippen molar-refractivity contribution in [1.82, 2.24) is 20.5 Å². The molecule has 23 heavy (non-hydrogen) atoms. The van der Waals surface area contributed by atoms with E-state index in [2.05, 4.69) is 20.5 Å². The lowest BCUT2D eigenvalue weighted by Gasteiger charge is -2.05. The van der Waals surface area contributed by atoms with Gasteiger partial charge in [0, 0.05) is 24.5 Å². The molecule has 2 aromatic heterocycles. The largest absolute Gasteiger partial charge is 0.497 e. The van der Waals surface area contributed by atoms with Crippen molar-refractivity contribution >= 4 is 5.91 Å². The van der Waals surface area contributed by atoms with Crippen molar-refractivity contribution in [3.63, 3.8) is 0 Å². The highest BCUT2D eigenvalue weighted by molar-refractivity contribution is 5.93. The molecule has 1 aromatic carbocycles. The third-order valence-electron chi connectivity index (χ3n) is 3.37. The van der Waals surface area contributed by atoms with Gasteiger partial charge in [0.25, 0.3) is 5.91 Å². The molecule has 2 N–H and O–H groups in total. The molecule has 116 valence electrons. The highest BCUT2D eigenvalue weighted by Gasteiger charge is 2.11. The minimum atomic E-state index is -0.213. The smallest absolute Gasteiger partial charge is 0.269 e. The first-order valence-electron chi connectivity index (χ1n) is 7.13. The molecule has 3 aromatic rings. The maximum Gasteiger partial charge on any atom is 0.269 e. The zero-order valence-corrected chi connectivity index (χ0v) is 12.6. The number of pyridine rings is 1. The summed E-state index contributed by atoms with van der Waals surface area (Å²) in [5, 5.41) is 9.74.